The summed E-state index contributed by atoms with van der Waals surface area (Å²) in [5.41, 5.74) is 4.41. The predicted octanol–water partition coefficient (Wildman–Crippen LogP) is -2.68. The first kappa shape index (κ1) is 25.6. The van der Waals surface area contributed by atoms with Gasteiger partial charge in [-0.05, 0) is 0 Å². The zero-order chi connectivity index (χ0) is 22.4. The molecule has 5 N–H and O–H groups in total. The Labute approximate surface area is 186 Å². The second-order valence-corrected chi connectivity index (χ2v) is 8.41. The molecule has 2 unspecified atom stereocenters. The topological polar surface area (TPSA) is 165 Å². The van der Waals surface area contributed by atoms with Crippen LogP contribution in [0.4, 0.5) is 0 Å². The monoisotopic (exact) mass is 503 g/mol. The van der Waals surface area contributed by atoms with E-state index in [2.05, 4.69) is 42.1 Å². The third-order valence-electron chi connectivity index (χ3n) is 3.71. The summed E-state index contributed by atoms with van der Waals surface area (Å²) in [5, 5.41) is 15.6. The Balaban J connectivity index is 2.63. The van der Waals surface area contributed by atoms with Crippen molar-refractivity contribution in [1.82, 2.24) is 10.6 Å². The molecule has 163 valence electrons. The molecule has 0 aliphatic carbocycles. The minimum absolute atomic E-state index is 0.0186. The van der Waals surface area contributed by atoms with Gasteiger partial charge >= 0.3 is 186 Å². The van der Waals surface area contributed by atoms with Crippen LogP contribution in [0.1, 0.15) is 18.4 Å². The van der Waals surface area contributed by atoms with E-state index in [-0.39, 0.29) is 31.8 Å². The standard InChI is InChI=1S/C18H23N4O6SSe/c19-13(17(26)27)6-7-15(24)22-14(16(25)21-10-28-11-23)9-29-18(30)20-8-12-4-2-1-3-5-12/h1-5,11,13-14H,6-10,19H2,(H,21,25)(H,22,24)(H,26,27). The Hall–Kier alpha value is -2.40. The van der Waals surface area contributed by atoms with Gasteiger partial charge in [-0.1, -0.05) is 0 Å². The van der Waals surface area contributed by atoms with Gasteiger partial charge in [-0.15, -0.1) is 0 Å². The predicted molar refractivity (Wildman–Crippen MR) is 109 cm³/mol. The Morgan fingerprint density at radius 1 is 1.30 bits per heavy atom. The molecule has 0 bridgehead atoms. The molecule has 0 aliphatic heterocycles. The third-order valence-corrected chi connectivity index (χ3v) is 5.60. The number of rotatable bonds is 13. The summed E-state index contributed by atoms with van der Waals surface area (Å²) in [6.45, 7) is 0.311. The number of hydrogen-bond donors (Lipinski definition) is 3. The SMILES string of the molecule is [NH3+]C(CCC(=O)NC(CSC([Se])=NCc1ccccc1)C(=O)NCOC=O)C(=O)[O-]. The van der Waals surface area contributed by atoms with Gasteiger partial charge in [-0.2, -0.15) is 0 Å². The first-order valence-corrected chi connectivity index (χ1v) is 10.7. The van der Waals surface area contributed by atoms with Crippen molar-refractivity contribution in [1.29, 1.82) is 0 Å². The van der Waals surface area contributed by atoms with Crippen molar-refractivity contribution in [3.8, 4) is 0 Å². The summed E-state index contributed by atoms with van der Waals surface area (Å²) < 4.78 is 5.04. The van der Waals surface area contributed by atoms with Gasteiger partial charge in [-0.25, -0.2) is 0 Å². The van der Waals surface area contributed by atoms with Crippen LogP contribution in [0, 0.1) is 0 Å². The van der Waals surface area contributed by atoms with Crippen molar-refractivity contribution < 1.29 is 34.8 Å². The number of aliphatic imine (C=N–C) groups is 1. The van der Waals surface area contributed by atoms with Gasteiger partial charge in [0.2, 0.25) is 0 Å². The van der Waals surface area contributed by atoms with Crippen molar-refractivity contribution in [3.63, 3.8) is 0 Å². The number of carboxylic acid groups (broad SMARTS) is 1. The maximum atomic E-state index is 12.3. The maximum absolute atomic E-state index is 12.3. The zero-order valence-corrected chi connectivity index (χ0v) is 18.6. The quantitative estimate of drug-likeness (QED) is 0.0660. The summed E-state index contributed by atoms with van der Waals surface area (Å²) in [6, 6.07) is 7.63. The average Bonchev–Trinajstić information content (AvgIpc) is 2.74. The summed E-state index contributed by atoms with van der Waals surface area (Å²) in [5.74, 6) is -2.25. The van der Waals surface area contributed by atoms with Crippen LogP contribution >= 0.6 is 11.8 Å². The van der Waals surface area contributed by atoms with Gasteiger partial charge in [0.25, 0.3) is 0 Å². The fourth-order valence-electron chi connectivity index (χ4n) is 2.08. The molecule has 0 aliphatic rings. The molecule has 30 heavy (non-hydrogen) atoms. The number of nitrogens with zero attached hydrogens (tertiary/aromatic N) is 1. The molecule has 1 rings (SSSR count). The molecule has 0 fully saturated rings. The van der Waals surface area contributed by atoms with Crippen molar-refractivity contribution in [2.45, 2.75) is 31.5 Å². The molecule has 0 spiro atoms. The minimum atomic E-state index is -1.35. The van der Waals surface area contributed by atoms with E-state index >= 15 is 0 Å². The Morgan fingerprint density at radius 2 is 2.00 bits per heavy atom. The van der Waals surface area contributed by atoms with E-state index in [1.807, 2.05) is 30.3 Å². The van der Waals surface area contributed by atoms with Crippen LogP contribution in [0.5, 0.6) is 0 Å². The number of ether oxygens (including phenoxy) is 1. The number of amides is 2. The molecule has 10 nitrogen and oxygen atoms in total. The van der Waals surface area contributed by atoms with Gasteiger partial charge in [0.15, 0.2) is 0 Å². The van der Waals surface area contributed by atoms with E-state index in [0.717, 1.165) is 5.56 Å². The Morgan fingerprint density at radius 3 is 2.63 bits per heavy atom. The van der Waals surface area contributed by atoms with Crippen LogP contribution in [0.25, 0.3) is 0 Å². The van der Waals surface area contributed by atoms with Crippen molar-refractivity contribution >= 4 is 56.0 Å². The number of nitrogens with one attached hydrogen (secondary N) is 2. The van der Waals surface area contributed by atoms with Gasteiger partial charge in [0.05, 0.1) is 0 Å². The van der Waals surface area contributed by atoms with Crippen LogP contribution in [-0.2, 0) is 30.5 Å². The van der Waals surface area contributed by atoms with Crippen LogP contribution < -0.4 is 21.5 Å². The molecular formula is C18H23N4O6SSe. The first-order valence-electron chi connectivity index (χ1n) is 8.88. The molecule has 12 heteroatoms. The number of thioether (sulfide) groups is 1. The molecule has 0 heterocycles. The molecule has 0 saturated heterocycles. The average molecular weight is 502 g/mol. The number of carboxylic acids is 1. The van der Waals surface area contributed by atoms with Crippen LogP contribution in [0.15, 0.2) is 35.3 Å². The van der Waals surface area contributed by atoms with E-state index in [1.165, 1.54) is 11.8 Å². The van der Waals surface area contributed by atoms with Crippen LogP contribution in [0.3, 0.4) is 0 Å². The van der Waals surface area contributed by atoms with Gasteiger partial charge in [0, 0.05) is 0 Å². The second-order valence-electron chi connectivity index (χ2n) is 6.00. The Bertz CT molecular complexity index is 749. The van der Waals surface area contributed by atoms with E-state index in [9.17, 15) is 24.3 Å². The first-order chi connectivity index (χ1) is 14.3. The molecule has 2 amide bonds. The van der Waals surface area contributed by atoms with E-state index in [1.54, 1.807) is 0 Å². The molecule has 0 saturated carbocycles. The number of quaternary nitrogens is 1. The third kappa shape index (κ3) is 11.0. The van der Waals surface area contributed by atoms with Crippen molar-refractivity contribution in [3.05, 3.63) is 35.9 Å². The van der Waals surface area contributed by atoms with E-state index < -0.39 is 29.9 Å². The molecule has 2 atom stereocenters. The number of benzene rings is 1. The molecule has 1 aromatic rings. The summed E-state index contributed by atoms with van der Waals surface area (Å²) in [4.78, 5) is 49.7. The number of carbonyl (C=O) groups is 4. The van der Waals surface area contributed by atoms with Crippen molar-refractivity contribution in [2.75, 3.05) is 12.5 Å². The summed E-state index contributed by atoms with van der Waals surface area (Å²) >= 11 is 4.05. The number of hydrogen-bond acceptors (Lipinski definition) is 8. The van der Waals surface area contributed by atoms with Gasteiger partial charge < -0.3 is 0 Å². The number of carbonyl (C=O) groups excluding carboxylic acids is 4. The summed E-state index contributed by atoms with van der Waals surface area (Å²) in [6.07, 6.45) is -0.149. The number of aliphatic carboxylic acids is 1. The normalized spacial score (nSPS) is 13.0. The summed E-state index contributed by atoms with van der Waals surface area (Å²) in [7, 11) is 0. The van der Waals surface area contributed by atoms with Crippen LogP contribution in [-0.4, -0.2) is 68.8 Å². The fourth-order valence-corrected chi connectivity index (χ4v) is 3.35. The zero-order valence-electron chi connectivity index (χ0n) is 16.1. The second kappa shape index (κ2) is 14.6. The van der Waals surface area contributed by atoms with Gasteiger partial charge in [-0.3, -0.25) is 0 Å². The van der Waals surface area contributed by atoms with Crippen LogP contribution in [0.2, 0.25) is 0 Å². The molecular weight excluding hydrogens is 479 g/mol. The fraction of sp³-hybridized carbons (Fsp3) is 0.389. The Kier molecular flexibility index (Phi) is 12.4. The van der Waals surface area contributed by atoms with E-state index in [0.29, 0.717) is 10.5 Å². The van der Waals surface area contributed by atoms with Gasteiger partial charge in [0.1, 0.15) is 0 Å². The molecule has 1 radical (unpaired) electrons. The van der Waals surface area contributed by atoms with Crippen molar-refractivity contribution in [2.24, 2.45) is 4.99 Å². The van der Waals surface area contributed by atoms with E-state index in [4.69, 9.17) is 0 Å². The molecule has 1 aromatic carbocycles. The molecule has 0 aromatic heterocycles.